The summed E-state index contributed by atoms with van der Waals surface area (Å²) in [5, 5.41) is 5.88. The maximum atomic E-state index is 11.4. The monoisotopic (exact) mass is 183 g/mol. The van der Waals surface area contributed by atoms with Crippen molar-refractivity contribution in [1.82, 2.24) is 10.6 Å². The van der Waals surface area contributed by atoms with Crippen LogP contribution in [0.2, 0.25) is 0 Å². The molecule has 0 unspecified atom stereocenters. The molecule has 74 valence electrons. The summed E-state index contributed by atoms with van der Waals surface area (Å²) in [6.07, 6.45) is 5.50. The van der Waals surface area contributed by atoms with E-state index in [0.717, 1.165) is 25.7 Å². The van der Waals surface area contributed by atoms with Gasteiger partial charge in [-0.05, 0) is 32.1 Å². The van der Waals surface area contributed by atoms with Crippen molar-refractivity contribution in [2.75, 3.05) is 6.54 Å². The van der Waals surface area contributed by atoms with Crippen LogP contribution in [0.4, 0.5) is 4.79 Å². The predicted molar refractivity (Wildman–Crippen MR) is 50.3 cm³/mol. The Morgan fingerprint density at radius 3 is 2.54 bits per heavy atom. The number of hydrogen-bond acceptors (Lipinski definition) is 2. The van der Waals surface area contributed by atoms with Gasteiger partial charge >= 0.3 is 6.03 Å². The number of carbonyl (C=O) groups excluding carboxylic acids is 1. The largest absolute Gasteiger partial charge is 0.335 e. The summed E-state index contributed by atoms with van der Waals surface area (Å²) in [4.78, 5) is 11.4. The Bertz CT molecular complexity index is 203. The highest BCUT2D eigenvalue weighted by Crippen LogP contribution is 2.30. The van der Waals surface area contributed by atoms with E-state index in [2.05, 4.69) is 10.6 Å². The molecular weight excluding hydrogens is 166 g/mol. The summed E-state index contributed by atoms with van der Waals surface area (Å²) < 4.78 is 0. The molecule has 2 aliphatic rings. The highest BCUT2D eigenvalue weighted by molar-refractivity contribution is 5.75. The van der Waals surface area contributed by atoms with Gasteiger partial charge < -0.3 is 16.4 Å². The molecule has 2 fully saturated rings. The molecule has 0 bridgehead atoms. The lowest BCUT2D eigenvalue weighted by Crippen LogP contribution is -2.60. The second-order valence-electron chi connectivity index (χ2n) is 4.21. The van der Waals surface area contributed by atoms with Crippen LogP contribution in [0, 0.1) is 0 Å². The highest BCUT2D eigenvalue weighted by Gasteiger charge is 2.37. The number of nitrogens with two attached hydrogens (primary N) is 1. The van der Waals surface area contributed by atoms with Crippen LogP contribution in [0.5, 0.6) is 0 Å². The Balaban J connectivity index is 1.77. The van der Waals surface area contributed by atoms with E-state index in [4.69, 9.17) is 5.73 Å². The maximum absolute atomic E-state index is 11.4. The molecule has 2 saturated carbocycles. The molecule has 0 aliphatic heterocycles. The fourth-order valence-corrected chi connectivity index (χ4v) is 1.67. The Labute approximate surface area is 78.2 Å². The number of hydrogen-bond donors (Lipinski definition) is 3. The quantitative estimate of drug-likeness (QED) is 0.590. The van der Waals surface area contributed by atoms with Gasteiger partial charge in [-0.1, -0.05) is 0 Å². The lowest BCUT2D eigenvalue weighted by Gasteiger charge is -2.41. The molecule has 0 aromatic heterocycles. The van der Waals surface area contributed by atoms with Crippen molar-refractivity contribution >= 4 is 6.03 Å². The van der Waals surface area contributed by atoms with Crippen molar-refractivity contribution in [3.63, 3.8) is 0 Å². The molecule has 0 spiro atoms. The predicted octanol–water partition coefficient (Wildman–Crippen LogP) is 0.329. The third-order valence-electron chi connectivity index (χ3n) is 2.99. The van der Waals surface area contributed by atoms with Gasteiger partial charge in [-0.25, -0.2) is 4.79 Å². The molecule has 2 rings (SSSR count). The molecule has 13 heavy (non-hydrogen) atoms. The van der Waals surface area contributed by atoms with E-state index in [0.29, 0.717) is 12.6 Å². The van der Waals surface area contributed by atoms with Crippen LogP contribution >= 0.6 is 0 Å². The van der Waals surface area contributed by atoms with Crippen LogP contribution in [-0.4, -0.2) is 24.2 Å². The Morgan fingerprint density at radius 1 is 1.46 bits per heavy atom. The number of rotatable bonds is 3. The van der Waals surface area contributed by atoms with Crippen molar-refractivity contribution in [2.24, 2.45) is 5.73 Å². The van der Waals surface area contributed by atoms with E-state index in [-0.39, 0.29) is 11.6 Å². The lowest BCUT2D eigenvalue weighted by atomic mass is 9.77. The van der Waals surface area contributed by atoms with Crippen molar-refractivity contribution in [2.45, 2.75) is 43.7 Å². The summed E-state index contributed by atoms with van der Waals surface area (Å²) in [7, 11) is 0. The van der Waals surface area contributed by atoms with E-state index in [1.54, 1.807) is 0 Å². The zero-order chi connectivity index (χ0) is 9.31. The number of nitrogens with one attached hydrogen (secondary N) is 2. The van der Waals surface area contributed by atoms with Crippen molar-refractivity contribution < 1.29 is 4.79 Å². The zero-order valence-corrected chi connectivity index (χ0v) is 7.81. The molecule has 4 nitrogen and oxygen atoms in total. The van der Waals surface area contributed by atoms with Crippen LogP contribution in [0.15, 0.2) is 0 Å². The van der Waals surface area contributed by atoms with Gasteiger partial charge in [-0.3, -0.25) is 0 Å². The first-order chi connectivity index (χ1) is 6.24. The topological polar surface area (TPSA) is 67.1 Å². The number of carbonyl (C=O) groups is 1. The Kier molecular flexibility index (Phi) is 2.15. The molecule has 0 heterocycles. The molecule has 0 atom stereocenters. The third-order valence-corrected chi connectivity index (χ3v) is 2.99. The van der Waals surface area contributed by atoms with Crippen LogP contribution in [0.1, 0.15) is 32.1 Å². The summed E-state index contributed by atoms with van der Waals surface area (Å²) in [5.41, 5.74) is 5.54. The Morgan fingerprint density at radius 2 is 2.15 bits per heavy atom. The van der Waals surface area contributed by atoms with Gasteiger partial charge in [0.15, 0.2) is 0 Å². The molecular formula is C9H17N3O. The first kappa shape index (κ1) is 8.81. The minimum Gasteiger partial charge on any atom is -0.335 e. The molecule has 0 saturated heterocycles. The minimum atomic E-state index is -0.0844. The Hall–Kier alpha value is -0.770. The molecule has 2 amide bonds. The highest BCUT2D eigenvalue weighted by atomic mass is 16.2. The van der Waals surface area contributed by atoms with Gasteiger partial charge in [0.2, 0.25) is 0 Å². The SMILES string of the molecule is NCC1(NC(=O)NC2CC2)CCC1. The van der Waals surface area contributed by atoms with E-state index >= 15 is 0 Å². The molecule has 4 N–H and O–H groups in total. The molecule has 2 aliphatic carbocycles. The van der Waals surface area contributed by atoms with Gasteiger partial charge in [0.1, 0.15) is 0 Å². The molecule has 4 heteroatoms. The molecule has 0 aromatic carbocycles. The van der Waals surface area contributed by atoms with Gasteiger partial charge in [0.25, 0.3) is 0 Å². The smallest absolute Gasteiger partial charge is 0.315 e. The van der Waals surface area contributed by atoms with Gasteiger partial charge in [-0.15, -0.1) is 0 Å². The van der Waals surface area contributed by atoms with Crippen LogP contribution in [-0.2, 0) is 0 Å². The van der Waals surface area contributed by atoms with E-state index in [9.17, 15) is 4.79 Å². The first-order valence-corrected chi connectivity index (χ1v) is 5.03. The van der Waals surface area contributed by atoms with E-state index < -0.39 is 0 Å². The third kappa shape index (κ3) is 1.94. The summed E-state index contributed by atoms with van der Waals surface area (Å²) in [5.74, 6) is 0. The standard InChI is InChI=1S/C9H17N3O/c10-6-9(4-1-5-9)12-8(13)11-7-2-3-7/h7H,1-6,10H2,(H2,11,12,13). The van der Waals surface area contributed by atoms with Crippen molar-refractivity contribution in [3.05, 3.63) is 0 Å². The molecule has 0 radical (unpaired) electrons. The molecule has 0 aromatic rings. The summed E-state index contributed by atoms with van der Waals surface area (Å²) in [6.45, 7) is 0.561. The fraction of sp³-hybridized carbons (Fsp3) is 0.889. The normalized spacial score (nSPS) is 24.7. The van der Waals surface area contributed by atoms with Gasteiger partial charge in [0.05, 0.1) is 5.54 Å². The first-order valence-electron chi connectivity index (χ1n) is 5.03. The van der Waals surface area contributed by atoms with Crippen molar-refractivity contribution in [1.29, 1.82) is 0 Å². The van der Waals surface area contributed by atoms with Crippen LogP contribution < -0.4 is 16.4 Å². The van der Waals surface area contributed by atoms with Crippen LogP contribution in [0.25, 0.3) is 0 Å². The minimum absolute atomic E-state index is 0.0346. The van der Waals surface area contributed by atoms with Crippen LogP contribution in [0.3, 0.4) is 0 Å². The van der Waals surface area contributed by atoms with Gasteiger partial charge in [0, 0.05) is 12.6 Å². The lowest BCUT2D eigenvalue weighted by molar-refractivity contribution is 0.182. The summed E-state index contributed by atoms with van der Waals surface area (Å²) in [6, 6.07) is 0.391. The fourth-order valence-electron chi connectivity index (χ4n) is 1.67. The van der Waals surface area contributed by atoms with Gasteiger partial charge in [-0.2, -0.15) is 0 Å². The van der Waals surface area contributed by atoms with E-state index in [1.807, 2.05) is 0 Å². The van der Waals surface area contributed by atoms with Crippen molar-refractivity contribution in [3.8, 4) is 0 Å². The average Bonchev–Trinajstić information content (AvgIpc) is 2.80. The number of urea groups is 1. The second-order valence-corrected chi connectivity index (χ2v) is 4.21. The van der Waals surface area contributed by atoms with E-state index in [1.165, 1.54) is 6.42 Å². The number of amides is 2. The summed E-state index contributed by atoms with van der Waals surface area (Å²) >= 11 is 0. The second kappa shape index (κ2) is 3.18. The maximum Gasteiger partial charge on any atom is 0.315 e. The average molecular weight is 183 g/mol. The zero-order valence-electron chi connectivity index (χ0n) is 7.81.